The third kappa shape index (κ3) is 2.07. The quantitative estimate of drug-likeness (QED) is 0.569. The molecule has 0 N–H and O–H groups in total. The van der Waals surface area contributed by atoms with E-state index in [1.54, 1.807) is 31.6 Å². The van der Waals surface area contributed by atoms with Crippen LogP contribution in [-0.2, 0) is 0 Å². The summed E-state index contributed by atoms with van der Waals surface area (Å²) in [6.45, 7) is 0. The molecule has 0 saturated heterocycles. The monoisotopic (exact) mass is 301 g/mol. The number of rotatable bonds is 2. The Labute approximate surface area is 131 Å². The normalized spacial score (nSPS) is 10.8. The van der Waals surface area contributed by atoms with Gasteiger partial charge in [-0.3, -0.25) is 4.40 Å². The minimum atomic E-state index is 0.503. The summed E-state index contributed by atoms with van der Waals surface area (Å²) in [5.74, 6) is 1.01. The molecule has 1 aromatic carbocycles. The fourth-order valence-electron chi connectivity index (χ4n) is 2.53. The van der Waals surface area contributed by atoms with E-state index < -0.39 is 0 Å². The average Bonchev–Trinajstić information content (AvgIpc) is 3.03. The molecule has 3 aromatic heterocycles. The molecule has 110 valence electrons. The van der Waals surface area contributed by atoms with Gasteiger partial charge in [-0.15, -0.1) is 0 Å². The molecule has 0 aliphatic carbocycles. The molecule has 23 heavy (non-hydrogen) atoms. The first-order valence-corrected chi connectivity index (χ1v) is 6.98. The van der Waals surface area contributed by atoms with Gasteiger partial charge in [0.15, 0.2) is 5.82 Å². The lowest BCUT2D eigenvalue weighted by Gasteiger charge is -2.07. The first-order valence-electron chi connectivity index (χ1n) is 6.98. The molecule has 0 fully saturated rings. The first-order chi connectivity index (χ1) is 11.3. The van der Waals surface area contributed by atoms with Crippen LogP contribution in [0.15, 0.2) is 48.8 Å². The number of hydrogen-bond donors (Lipinski definition) is 0. The number of ether oxygens (including phenoxy) is 1. The molecule has 0 atom stereocenters. The van der Waals surface area contributed by atoms with Crippen LogP contribution in [0.2, 0.25) is 0 Å². The van der Waals surface area contributed by atoms with Crippen molar-refractivity contribution in [3.05, 3.63) is 54.4 Å². The highest BCUT2D eigenvalue weighted by atomic mass is 16.5. The summed E-state index contributed by atoms with van der Waals surface area (Å²) < 4.78 is 7.20. The van der Waals surface area contributed by atoms with Gasteiger partial charge >= 0.3 is 0 Å². The zero-order valence-electron chi connectivity index (χ0n) is 12.3. The van der Waals surface area contributed by atoms with Gasteiger partial charge in [0.2, 0.25) is 5.88 Å². The van der Waals surface area contributed by atoms with Gasteiger partial charge in [0.1, 0.15) is 17.4 Å². The zero-order chi connectivity index (χ0) is 15.8. The van der Waals surface area contributed by atoms with Crippen molar-refractivity contribution in [2.75, 3.05) is 7.11 Å². The minimum absolute atomic E-state index is 0.503. The van der Waals surface area contributed by atoms with Crippen LogP contribution in [0.3, 0.4) is 0 Å². The van der Waals surface area contributed by atoms with Crippen molar-refractivity contribution in [2.24, 2.45) is 0 Å². The lowest BCUT2D eigenvalue weighted by molar-refractivity contribution is 0.403. The van der Waals surface area contributed by atoms with Crippen LogP contribution in [0, 0.1) is 11.3 Å². The predicted octanol–water partition coefficient (Wildman–Crippen LogP) is 2.82. The van der Waals surface area contributed by atoms with E-state index >= 15 is 0 Å². The van der Waals surface area contributed by atoms with Crippen LogP contribution < -0.4 is 4.74 Å². The molecule has 0 aliphatic rings. The number of nitriles is 1. The van der Waals surface area contributed by atoms with Crippen LogP contribution in [0.1, 0.15) is 5.56 Å². The number of pyridine rings is 1. The second-order valence-corrected chi connectivity index (χ2v) is 4.97. The van der Waals surface area contributed by atoms with E-state index in [2.05, 4.69) is 21.0 Å². The van der Waals surface area contributed by atoms with Crippen molar-refractivity contribution in [3.63, 3.8) is 0 Å². The molecule has 0 spiro atoms. The van der Waals surface area contributed by atoms with Gasteiger partial charge in [-0.1, -0.05) is 12.1 Å². The minimum Gasteiger partial charge on any atom is -0.480 e. The lowest BCUT2D eigenvalue weighted by atomic mass is 10.2. The maximum absolute atomic E-state index is 9.08. The highest BCUT2D eigenvalue weighted by molar-refractivity contribution is 5.85. The molecule has 4 aromatic rings. The van der Waals surface area contributed by atoms with Crippen LogP contribution in [0.5, 0.6) is 5.88 Å². The number of nitrogens with zero attached hydrogens (tertiary/aromatic N) is 5. The van der Waals surface area contributed by atoms with E-state index in [1.165, 1.54) is 0 Å². The highest BCUT2D eigenvalue weighted by Gasteiger charge is 2.13. The van der Waals surface area contributed by atoms with Gasteiger partial charge in [0, 0.05) is 6.20 Å². The molecule has 0 amide bonds. The van der Waals surface area contributed by atoms with Crippen LogP contribution in [-0.4, -0.2) is 26.5 Å². The van der Waals surface area contributed by atoms with E-state index in [9.17, 15) is 0 Å². The van der Waals surface area contributed by atoms with E-state index in [0.29, 0.717) is 23.0 Å². The Bertz CT molecular complexity index is 1080. The average molecular weight is 301 g/mol. The van der Waals surface area contributed by atoms with Gasteiger partial charge in [-0.25, -0.2) is 9.97 Å². The summed E-state index contributed by atoms with van der Waals surface area (Å²) in [6, 6.07) is 13.3. The number of aromatic nitrogens is 4. The van der Waals surface area contributed by atoms with E-state index in [-0.39, 0.29) is 0 Å². The number of imidazole rings is 1. The third-order valence-electron chi connectivity index (χ3n) is 3.63. The number of fused-ring (bicyclic) bond motifs is 2. The van der Waals surface area contributed by atoms with Crippen molar-refractivity contribution >= 4 is 16.6 Å². The van der Waals surface area contributed by atoms with Crippen molar-refractivity contribution in [2.45, 2.75) is 0 Å². The fraction of sp³-hybridized carbons (Fsp3) is 0.0588. The van der Waals surface area contributed by atoms with Crippen LogP contribution in [0.4, 0.5) is 0 Å². The number of hydrogen-bond acceptors (Lipinski definition) is 5. The van der Waals surface area contributed by atoms with Crippen molar-refractivity contribution in [1.82, 2.24) is 19.4 Å². The first kappa shape index (κ1) is 13.2. The topological polar surface area (TPSA) is 76.1 Å². The fourth-order valence-corrected chi connectivity index (χ4v) is 2.53. The summed E-state index contributed by atoms with van der Waals surface area (Å²) in [5.41, 5.74) is 2.78. The van der Waals surface area contributed by atoms with E-state index in [0.717, 1.165) is 16.6 Å². The molecule has 3 heterocycles. The van der Waals surface area contributed by atoms with Crippen molar-refractivity contribution in [3.8, 4) is 23.5 Å². The molecular weight excluding hydrogens is 290 g/mol. The highest BCUT2D eigenvalue weighted by Crippen LogP contribution is 2.26. The van der Waals surface area contributed by atoms with Gasteiger partial charge in [-0.05, 0) is 24.3 Å². The van der Waals surface area contributed by atoms with Crippen LogP contribution >= 0.6 is 0 Å². The Balaban J connectivity index is 2.01. The third-order valence-corrected chi connectivity index (χ3v) is 3.63. The molecule has 4 rings (SSSR count). The largest absolute Gasteiger partial charge is 0.480 e. The number of para-hydroxylation sites is 1. The Hall–Kier alpha value is -3.46. The van der Waals surface area contributed by atoms with Gasteiger partial charge < -0.3 is 4.74 Å². The predicted molar refractivity (Wildman–Crippen MR) is 85.0 cm³/mol. The second-order valence-electron chi connectivity index (χ2n) is 4.97. The molecule has 0 unspecified atom stereocenters. The molecule has 0 radical (unpaired) electrons. The van der Waals surface area contributed by atoms with Gasteiger partial charge in [0.25, 0.3) is 0 Å². The molecule has 6 nitrogen and oxygen atoms in total. The van der Waals surface area contributed by atoms with Crippen molar-refractivity contribution < 1.29 is 4.74 Å². The second kappa shape index (κ2) is 5.07. The maximum Gasteiger partial charge on any atom is 0.224 e. The Morgan fingerprint density at radius 3 is 2.83 bits per heavy atom. The Morgan fingerprint density at radius 2 is 2.00 bits per heavy atom. The summed E-state index contributed by atoms with van der Waals surface area (Å²) in [7, 11) is 1.58. The van der Waals surface area contributed by atoms with Crippen LogP contribution in [0.25, 0.3) is 28.1 Å². The SMILES string of the molecule is COc1nc(-c2cnc3ccc(C#N)cn23)nc2ccccc12. The van der Waals surface area contributed by atoms with Crippen molar-refractivity contribution in [1.29, 1.82) is 5.26 Å². The lowest BCUT2D eigenvalue weighted by Crippen LogP contribution is -1.98. The maximum atomic E-state index is 9.08. The van der Waals surface area contributed by atoms with Gasteiger partial charge in [0.05, 0.1) is 29.8 Å². The van der Waals surface area contributed by atoms with Gasteiger partial charge in [-0.2, -0.15) is 10.2 Å². The summed E-state index contributed by atoms with van der Waals surface area (Å²) in [4.78, 5) is 13.4. The standard InChI is InChI=1S/C17H11N5O/c1-23-17-12-4-2-3-5-13(12)20-16(21-17)14-9-19-15-7-6-11(8-18)10-22(14)15/h2-7,9-10H,1H3. The Kier molecular flexibility index (Phi) is 2.91. The molecule has 6 heteroatoms. The molecular formula is C17H11N5O. The molecule has 0 saturated carbocycles. The molecule has 0 aliphatic heterocycles. The molecule has 0 bridgehead atoms. The Morgan fingerprint density at radius 1 is 1.13 bits per heavy atom. The zero-order valence-corrected chi connectivity index (χ0v) is 12.3. The summed E-state index contributed by atoms with van der Waals surface area (Å²) in [5, 5.41) is 9.94. The number of benzene rings is 1. The summed E-state index contributed by atoms with van der Waals surface area (Å²) >= 11 is 0. The number of methoxy groups -OCH3 is 1. The van der Waals surface area contributed by atoms with E-state index in [4.69, 9.17) is 10.00 Å². The summed E-state index contributed by atoms with van der Waals surface area (Å²) in [6.07, 6.45) is 3.42. The smallest absolute Gasteiger partial charge is 0.224 e. The van der Waals surface area contributed by atoms with E-state index in [1.807, 2.05) is 28.7 Å².